The van der Waals surface area contributed by atoms with Gasteiger partial charge in [0.2, 0.25) is 15.9 Å². The summed E-state index contributed by atoms with van der Waals surface area (Å²) in [6.07, 6.45) is -5.15. The number of nitrogens with one attached hydrogen (secondary N) is 1. The Morgan fingerprint density at radius 3 is 2.29 bits per heavy atom. The Balaban J connectivity index is 1.66. The fourth-order valence-corrected chi connectivity index (χ4v) is 5.02. The largest absolute Gasteiger partial charge is 0.416 e. The van der Waals surface area contributed by atoms with Crippen LogP contribution in [0.2, 0.25) is 0 Å². The van der Waals surface area contributed by atoms with E-state index < -0.39 is 27.7 Å². The summed E-state index contributed by atoms with van der Waals surface area (Å²) in [4.78, 5) is 12.3. The van der Waals surface area contributed by atoms with Crippen molar-refractivity contribution in [3.05, 3.63) is 59.7 Å². The molecule has 0 saturated carbocycles. The fourth-order valence-electron chi connectivity index (χ4n) is 3.43. The van der Waals surface area contributed by atoms with Gasteiger partial charge < -0.3 is 10.1 Å². The Hall–Kier alpha value is -2.43. The Labute approximate surface area is 179 Å². The van der Waals surface area contributed by atoms with Crippen molar-refractivity contribution >= 4 is 21.6 Å². The van der Waals surface area contributed by atoms with Gasteiger partial charge in [-0.05, 0) is 49.7 Å². The maximum atomic E-state index is 12.9. The van der Waals surface area contributed by atoms with Gasteiger partial charge >= 0.3 is 6.18 Å². The zero-order chi connectivity index (χ0) is 22.8. The predicted molar refractivity (Wildman–Crippen MR) is 109 cm³/mol. The van der Waals surface area contributed by atoms with Crippen molar-refractivity contribution < 1.29 is 31.1 Å². The van der Waals surface area contributed by atoms with Gasteiger partial charge in [-0.1, -0.05) is 18.2 Å². The number of rotatable bonds is 5. The molecule has 1 saturated heterocycles. The molecule has 2 aromatic carbocycles. The standard InChI is InChI=1S/C21H23F3N2O4S/c1-14-12-26(13-15(2)30-14)31(28,29)19-8-6-18(7-9-19)25-20(27)11-16-4-3-5-17(10-16)21(22,23)24/h3-10,14-15H,11-13H2,1-2H3,(H,25,27). The molecule has 6 nitrogen and oxygen atoms in total. The monoisotopic (exact) mass is 456 g/mol. The van der Waals surface area contributed by atoms with Gasteiger partial charge in [-0.3, -0.25) is 4.79 Å². The molecule has 0 spiro atoms. The number of ether oxygens (including phenoxy) is 1. The Morgan fingerprint density at radius 2 is 1.71 bits per heavy atom. The molecule has 1 N–H and O–H groups in total. The SMILES string of the molecule is CC1CN(S(=O)(=O)c2ccc(NC(=O)Cc3cccc(C(F)(F)F)c3)cc2)CC(C)O1. The highest BCUT2D eigenvalue weighted by Crippen LogP contribution is 2.29. The highest BCUT2D eigenvalue weighted by Gasteiger charge is 2.32. The van der Waals surface area contributed by atoms with Crippen LogP contribution in [0.25, 0.3) is 0 Å². The molecule has 10 heteroatoms. The van der Waals surface area contributed by atoms with Crippen LogP contribution in [-0.2, 0) is 32.2 Å². The molecule has 1 heterocycles. The smallest absolute Gasteiger partial charge is 0.373 e. The highest BCUT2D eigenvalue weighted by atomic mass is 32.2. The summed E-state index contributed by atoms with van der Waals surface area (Å²) in [5.41, 5.74) is -0.249. The number of alkyl halides is 3. The van der Waals surface area contributed by atoms with Crippen LogP contribution in [0.5, 0.6) is 0 Å². The van der Waals surface area contributed by atoms with E-state index in [9.17, 15) is 26.4 Å². The molecular formula is C21H23F3N2O4S. The molecule has 2 aromatic rings. The van der Waals surface area contributed by atoms with Crippen molar-refractivity contribution in [2.24, 2.45) is 0 Å². The van der Waals surface area contributed by atoms with Gasteiger partial charge in [0, 0.05) is 18.8 Å². The molecule has 1 aliphatic rings. The molecule has 0 radical (unpaired) electrons. The average Bonchev–Trinajstić information content (AvgIpc) is 2.67. The lowest BCUT2D eigenvalue weighted by Crippen LogP contribution is -2.48. The average molecular weight is 456 g/mol. The number of halogens is 3. The van der Waals surface area contributed by atoms with Crippen LogP contribution < -0.4 is 5.32 Å². The topological polar surface area (TPSA) is 75.7 Å². The molecule has 31 heavy (non-hydrogen) atoms. The lowest BCUT2D eigenvalue weighted by molar-refractivity contribution is -0.137. The third kappa shape index (κ3) is 5.84. The van der Waals surface area contributed by atoms with Crippen molar-refractivity contribution in [1.29, 1.82) is 0 Å². The zero-order valence-electron chi connectivity index (χ0n) is 17.0. The molecule has 2 unspecified atom stereocenters. The summed E-state index contributed by atoms with van der Waals surface area (Å²) in [5.74, 6) is -0.509. The third-order valence-corrected chi connectivity index (χ3v) is 6.63. The van der Waals surface area contributed by atoms with Crippen molar-refractivity contribution in [3.8, 4) is 0 Å². The van der Waals surface area contributed by atoms with Crippen molar-refractivity contribution in [1.82, 2.24) is 4.31 Å². The summed E-state index contributed by atoms with van der Waals surface area (Å²) in [7, 11) is -3.71. The van der Waals surface area contributed by atoms with E-state index in [-0.39, 0.29) is 42.2 Å². The second-order valence-corrected chi connectivity index (χ2v) is 9.46. The van der Waals surface area contributed by atoms with E-state index in [1.54, 1.807) is 13.8 Å². The van der Waals surface area contributed by atoms with Gasteiger partial charge in [0.05, 0.1) is 29.1 Å². The van der Waals surface area contributed by atoms with Gasteiger partial charge in [0.25, 0.3) is 0 Å². The Kier molecular flexibility index (Phi) is 6.73. The first kappa shape index (κ1) is 23.2. The van der Waals surface area contributed by atoms with Crippen LogP contribution >= 0.6 is 0 Å². The molecular weight excluding hydrogens is 433 g/mol. The van der Waals surface area contributed by atoms with E-state index in [2.05, 4.69) is 5.32 Å². The van der Waals surface area contributed by atoms with E-state index >= 15 is 0 Å². The van der Waals surface area contributed by atoms with Crippen LogP contribution in [0, 0.1) is 0 Å². The fraction of sp³-hybridized carbons (Fsp3) is 0.381. The van der Waals surface area contributed by atoms with Crippen molar-refractivity contribution in [2.75, 3.05) is 18.4 Å². The summed E-state index contributed by atoms with van der Waals surface area (Å²) in [6.45, 7) is 4.12. The zero-order valence-corrected chi connectivity index (χ0v) is 17.8. The second kappa shape index (κ2) is 8.97. The van der Waals surface area contributed by atoms with Crippen LogP contribution in [0.4, 0.5) is 18.9 Å². The highest BCUT2D eigenvalue weighted by molar-refractivity contribution is 7.89. The number of hydrogen-bond acceptors (Lipinski definition) is 4. The number of morpholine rings is 1. The lowest BCUT2D eigenvalue weighted by atomic mass is 10.1. The summed E-state index contributed by atoms with van der Waals surface area (Å²) in [6, 6.07) is 10.2. The molecule has 1 amide bonds. The molecule has 3 rings (SSSR count). The van der Waals surface area contributed by atoms with E-state index in [0.717, 1.165) is 12.1 Å². The number of anilines is 1. The van der Waals surface area contributed by atoms with Gasteiger partial charge in [-0.2, -0.15) is 17.5 Å². The molecule has 1 fully saturated rings. The quantitative estimate of drug-likeness (QED) is 0.745. The summed E-state index contributed by atoms with van der Waals surface area (Å²) >= 11 is 0. The lowest BCUT2D eigenvalue weighted by Gasteiger charge is -2.34. The van der Waals surface area contributed by atoms with Gasteiger partial charge in [0.1, 0.15) is 0 Å². The molecule has 1 aliphatic heterocycles. The molecule has 0 aliphatic carbocycles. The second-order valence-electron chi connectivity index (χ2n) is 7.53. The van der Waals surface area contributed by atoms with Crippen LogP contribution in [-0.4, -0.2) is 43.9 Å². The van der Waals surface area contributed by atoms with Crippen LogP contribution in [0.3, 0.4) is 0 Å². The first-order chi connectivity index (χ1) is 14.4. The maximum absolute atomic E-state index is 12.9. The minimum Gasteiger partial charge on any atom is -0.373 e. The first-order valence-electron chi connectivity index (χ1n) is 9.67. The summed E-state index contributed by atoms with van der Waals surface area (Å²) in [5, 5.41) is 2.57. The number of benzene rings is 2. The maximum Gasteiger partial charge on any atom is 0.416 e. The number of sulfonamides is 1. The van der Waals surface area contributed by atoms with E-state index in [4.69, 9.17) is 4.74 Å². The molecule has 0 bridgehead atoms. The van der Waals surface area contributed by atoms with Crippen molar-refractivity contribution in [2.45, 2.75) is 43.5 Å². The molecule has 0 aromatic heterocycles. The van der Waals surface area contributed by atoms with E-state index in [0.29, 0.717) is 5.69 Å². The Bertz CT molecular complexity index is 1030. The van der Waals surface area contributed by atoms with Gasteiger partial charge in [0.15, 0.2) is 0 Å². The number of carbonyl (C=O) groups excluding carboxylic acids is 1. The van der Waals surface area contributed by atoms with E-state index in [1.807, 2.05) is 0 Å². The van der Waals surface area contributed by atoms with Gasteiger partial charge in [-0.15, -0.1) is 0 Å². The Morgan fingerprint density at radius 1 is 1.10 bits per heavy atom. The third-order valence-electron chi connectivity index (χ3n) is 4.78. The molecule has 2 atom stereocenters. The van der Waals surface area contributed by atoms with Crippen molar-refractivity contribution in [3.63, 3.8) is 0 Å². The van der Waals surface area contributed by atoms with Crippen LogP contribution in [0.15, 0.2) is 53.4 Å². The van der Waals surface area contributed by atoms with Gasteiger partial charge in [-0.25, -0.2) is 8.42 Å². The number of amides is 1. The number of hydrogen-bond donors (Lipinski definition) is 1. The summed E-state index contributed by atoms with van der Waals surface area (Å²) < 4.78 is 71.1. The number of carbonyl (C=O) groups is 1. The predicted octanol–water partition coefficient (Wildman–Crippen LogP) is 3.68. The normalized spacial score (nSPS) is 20.4. The number of nitrogens with zero attached hydrogens (tertiary/aromatic N) is 1. The van der Waals surface area contributed by atoms with Crippen LogP contribution in [0.1, 0.15) is 25.0 Å². The minimum absolute atomic E-state index is 0.0877. The van der Waals surface area contributed by atoms with E-state index in [1.165, 1.54) is 40.7 Å². The molecule has 168 valence electrons. The first-order valence-corrected chi connectivity index (χ1v) is 11.1. The minimum atomic E-state index is -4.48.